The van der Waals surface area contributed by atoms with Crippen molar-refractivity contribution in [1.29, 1.82) is 0 Å². The van der Waals surface area contributed by atoms with Crippen LogP contribution in [0.1, 0.15) is 76.3 Å². The second kappa shape index (κ2) is 9.68. The van der Waals surface area contributed by atoms with Crippen LogP contribution >= 0.6 is 0 Å². The van der Waals surface area contributed by atoms with Crippen LogP contribution < -0.4 is 5.32 Å². The molecule has 0 radical (unpaired) electrons. The summed E-state index contributed by atoms with van der Waals surface area (Å²) >= 11 is 0. The van der Waals surface area contributed by atoms with Crippen molar-refractivity contribution < 1.29 is 4.39 Å². The van der Waals surface area contributed by atoms with Gasteiger partial charge in [0.1, 0.15) is 5.67 Å². The van der Waals surface area contributed by atoms with Crippen molar-refractivity contribution in [3.63, 3.8) is 0 Å². The van der Waals surface area contributed by atoms with Gasteiger partial charge in [0.05, 0.1) is 0 Å². The zero-order valence-corrected chi connectivity index (χ0v) is 16.7. The van der Waals surface area contributed by atoms with Crippen LogP contribution in [0.25, 0.3) is 0 Å². The number of piperidine rings is 2. The van der Waals surface area contributed by atoms with Crippen molar-refractivity contribution in [1.82, 2.24) is 10.2 Å². The Bertz CT molecular complexity index is 483. The number of rotatable bonds is 4. The Morgan fingerprint density at radius 1 is 1.08 bits per heavy atom. The van der Waals surface area contributed by atoms with Crippen molar-refractivity contribution in [3.05, 3.63) is 35.4 Å². The lowest BCUT2D eigenvalue weighted by molar-refractivity contribution is 0.0510. The van der Waals surface area contributed by atoms with E-state index in [4.69, 9.17) is 0 Å². The molecule has 2 heterocycles. The quantitative estimate of drug-likeness (QED) is 0.813. The monoisotopic (exact) mass is 348 g/mol. The molecule has 0 atom stereocenters. The molecular weight excluding hydrogens is 311 g/mol. The van der Waals surface area contributed by atoms with Crippen LogP contribution in [0.2, 0.25) is 0 Å². The fraction of sp³-hybridized carbons (Fsp3) is 0.727. The van der Waals surface area contributed by atoms with E-state index in [1.54, 1.807) is 0 Å². The van der Waals surface area contributed by atoms with Crippen LogP contribution in [0.4, 0.5) is 4.39 Å². The predicted octanol–water partition coefficient (Wildman–Crippen LogP) is 5.11. The molecular formula is C22H37FN2. The summed E-state index contributed by atoms with van der Waals surface area (Å²) in [5.74, 6) is 1.24. The topological polar surface area (TPSA) is 15.3 Å². The molecule has 0 bridgehead atoms. The van der Waals surface area contributed by atoms with E-state index in [0.29, 0.717) is 31.2 Å². The zero-order chi connectivity index (χ0) is 18.3. The van der Waals surface area contributed by atoms with E-state index in [-0.39, 0.29) is 0 Å². The molecule has 2 aliphatic heterocycles. The Morgan fingerprint density at radius 3 is 2.16 bits per heavy atom. The van der Waals surface area contributed by atoms with Gasteiger partial charge >= 0.3 is 0 Å². The summed E-state index contributed by atoms with van der Waals surface area (Å²) < 4.78 is 14.8. The van der Waals surface area contributed by atoms with Crippen LogP contribution in [0.5, 0.6) is 0 Å². The van der Waals surface area contributed by atoms with E-state index < -0.39 is 5.67 Å². The van der Waals surface area contributed by atoms with Crippen LogP contribution in [0.3, 0.4) is 0 Å². The maximum absolute atomic E-state index is 14.8. The van der Waals surface area contributed by atoms with Gasteiger partial charge in [0.15, 0.2) is 0 Å². The van der Waals surface area contributed by atoms with Crippen molar-refractivity contribution in [2.75, 3.05) is 32.7 Å². The Balaban J connectivity index is 0.00000109. The molecule has 2 aliphatic rings. The lowest BCUT2D eigenvalue weighted by Gasteiger charge is -2.38. The lowest BCUT2D eigenvalue weighted by atomic mass is 9.87. The fourth-order valence-corrected chi connectivity index (χ4v) is 4.01. The smallest absolute Gasteiger partial charge is 0.126 e. The van der Waals surface area contributed by atoms with Gasteiger partial charge in [-0.25, -0.2) is 4.39 Å². The Labute approximate surface area is 154 Å². The minimum absolute atomic E-state index is 0.594. The molecule has 2 saturated heterocycles. The number of hydrogen-bond acceptors (Lipinski definition) is 2. The highest BCUT2D eigenvalue weighted by Crippen LogP contribution is 2.31. The third-order valence-electron chi connectivity index (χ3n) is 5.67. The fourth-order valence-electron chi connectivity index (χ4n) is 4.01. The first-order valence-electron chi connectivity index (χ1n) is 10.3. The minimum atomic E-state index is -0.961. The van der Waals surface area contributed by atoms with Crippen molar-refractivity contribution in [2.24, 2.45) is 0 Å². The zero-order valence-electron chi connectivity index (χ0n) is 16.7. The second-order valence-corrected chi connectivity index (χ2v) is 7.77. The van der Waals surface area contributed by atoms with Crippen LogP contribution in [-0.2, 0) is 0 Å². The van der Waals surface area contributed by atoms with E-state index in [2.05, 4.69) is 48.3 Å². The molecule has 2 nitrogen and oxygen atoms in total. The lowest BCUT2D eigenvalue weighted by Crippen LogP contribution is -2.48. The second-order valence-electron chi connectivity index (χ2n) is 7.77. The molecule has 0 unspecified atom stereocenters. The van der Waals surface area contributed by atoms with Crippen molar-refractivity contribution in [3.8, 4) is 0 Å². The van der Waals surface area contributed by atoms with Crippen LogP contribution in [-0.4, -0.2) is 43.3 Å². The molecule has 2 fully saturated rings. The largest absolute Gasteiger partial charge is 0.316 e. The number of nitrogens with zero attached hydrogens (tertiary/aromatic N) is 1. The first-order chi connectivity index (χ1) is 12.1. The summed E-state index contributed by atoms with van der Waals surface area (Å²) in [7, 11) is 0. The van der Waals surface area contributed by atoms with Gasteiger partial charge in [-0.15, -0.1) is 0 Å². The van der Waals surface area contributed by atoms with Gasteiger partial charge in [0, 0.05) is 6.54 Å². The van der Waals surface area contributed by atoms with E-state index in [9.17, 15) is 4.39 Å². The normalized spacial score (nSPS) is 21.7. The third kappa shape index (κ3) is 5.79. The molecule has 1 N–H and O–H groups in total. The van der Waals surface area contributed by atoms with Gasteiger partial charge in [-0.05, 0) is 74.8 Å². The summed E-state index contributed by atoms with van der Waals surface area (Å²) in [6.07, 6.45) is 3.66. The first-order valence-corrected chi connectivity index (χ1v) is 10.3. The molecule has 0 spiro atoms. The van der Waals surface area contributed by atoms with Gasteiger partial charge in [-0.2, -0.15) is 0 Å². The highest BCUT2D eigenvalue weighted by molar-refractivity contribution is 5.27. The third-order valence-corrected chi connectivity index (χ3v) is 5.67. The maximum Gasteiger partial charge on any atom is 0.126 e. The predicted molar refractivity (Wildman–Crippen MR) is 106 cm³/mol. The number of hydrogen-bond donors (Lipinski definition) is 1. The van der Waals surface area contributed by atoms with Gasteiger partial charge in [-0.3, -0.25) is 0 Å². The van der Waals surface area contributed by atoms with Crippen LogP contribution in [0, 0.1) is 0 Å². The van der Waals surface area contributed by atoms with Gasteiger partial charge in [-0.1, -0.05) is 52.0 Å². The summed E-state index contributed by atoms with van der Waals surface area (Å²) in [6, 6.07) is 9.16. The highest BCUT2D eigenvalue weighted by atomic mass is 19.1. The number of nitrogens with one attached hydrogen (secondary N) is 1. The number of halogens is 1. The average molecular weight is 349 g/mol. The molecule has 0 saturated carbocycles. The molecule has 3 heteroatoms. The molecule has 25 heavy (non-hydrogen) atoms. The molecule has 3 rings (SSSR count). The van der Waals surface area contributed by atoms with E-state index >= 15 is 0 Å². The molecule has 142 valence electrons. The SMILES string of the molecule is CC.CC(C)c1ccc(C2CCN(CC3(F)CCNCC3)CC2)cc1. The molecule has 1 aromatic rings. The summed E-state index contributed by atoms with van der Waals surface area (Å²) in [5.41, 5.74) is 1.92. The average Bonchev–Trinajstić information content (AvgIpc) is 2.64. The Kier molecular flexibility index (Phi) is 7.89. The standard InChI is InChI=1S/C20H31FN2.C2H6/c1-16(2)17-3-5-18(6-4-17)19-7-13-23(14-8-19)15-20(21)9-11-22-12-10-20;1-2/h3-6,16,19,22H,7-15H2,1-2H3;1-2H3. The highest BCUT2D eigenvalue weighted by Gasteiger charge is 2.34. The summed E-state index contributed by atoms with van der Waals surface area (Å²) in [5, 5.41) is 3.26. The molecule has 0 amide bonds. The van der Waals surface area contributed by atoms with E-state index in [0.717, 1.165) is 39.0 Å². The van der Waals surface area contributed by atoms with E-state index in [1.165, 1.54) is 11.1 Å². The summed E-state index contributed by atoms with van der Waals surface area (Å²) in [4.78, 5) is 2.35. The van der Waals surface area contributed by atoms with Gasteiger partial charge in [0.25, 0.3) is 0 Å². The molecule has 1 aromatic carbocycles. The van der Waals surface area contributed by atoms with Crippen LogP contribution in [0.15, 0.2) is 24.3 Å². The summed E-state index contributed by atoms with van der Waals surface area (Å²) in [6.45, 7) is 12.8. The minimum Gasteiger partial charge on any atom is -0.316 e. The van der Waals surface area contributed by atoms with Crippen molar-refractivity contribution in [2.45, 2.75) is 70.9 Å². The van der Waals surface area contributed by atoms with E-state index in [1.807, 2.05) is 13.8 Å². The number of benzene rings is 1. The Morgan fingerprint density at radius 2 is 1.64 bits per heavy atom. The molecule has 0 aliphatic carbocycles. The van der Waals surface area contributed by atoms with Crippen molar-refractivity contribution >= 4 is 0 Å². The van der Waals surface area contributed by atoms with Gasteiger partial charge in [0.2, 0.25) is 0 Å². The number of likely N-dealkylation sites (tertiary alicyclic amines) is 1. The maximum atomic E-state index is 14.8. The molecule has 0 aromatic heterocycles. The van der Waals surface area contributed by atoms with Gasteiger partial charge < -0.3 is 10.2 Å². The number of alkyl halides is 1. The Hall–Kier alpha value is -0.930. The first kappa shape index (κ1) is 20.4.